The first-order chi connectivity index (χ1) is 12.9. The number of carboxylic acid groups (broad SMARTS) is 1. The Balaban J connectivity index is 1.39. The average Bonchev–Trinajstić information content (AvgIpc) is 3.18. The average molecular weight is 378 g/mol. The summed E-state index contributed by atoms with van der Waals surface area (Å²) in [6.45, 7) is 2.43. The molecule has 1 amide bonds. The van der Waals surface area contributed by atoms with E-state index >= 15 is 0 Å². The van der Waals surface area contributed by atoms with Crippen molar-refractivity contribution >= 4 is 11.9 Å². The van der Waals surface area contributed by atoms with Crippen LogP contribution in [0.3, 0.4) is 0 Å². The molecule has 0 bridgehead atoms. The van der Waals surface area contributed by atoms with Gasteiger partial charge in [0.25, 0.3) is 0 Å². The van der Waals surface area contributed by atoms with Crippen molar-refractivity contribution in [2.75, 3.05) is 39.8 Å². The molecule has 3 rings (SSSR count). The summed E-state index contributed by atoms with van der Waals surface area (Å²) in [5, 5.41) is 9.63. The molecule has 1 N–H and O–H groups in total. The number of carboxylic acids is 1. The van der Waals surface area contributed by atoms with Crippen LogP contribution >= 0.6 is 0 Å². The van der Waals surface area contributed by atoms with Crippen molar-refractivity contribution in [3.05, 3.63) is 30.1 Å². The van der Waals surface area contributed by atoms with E-state index in [0.29, 0.717) is 44.8 Å². The standard InChI is InChI=1S/C20H27FN2O4/c1-22(10-3-11-27-17-7-5-16(21)6-8-17)18(24)13-23-12-15-4-2-9-20(15,14-23)19(25)26/h5-8,15H,2-4,9-14H2,1H3,(H,25,26)/t15-,20+/m0/s1. The first kappa shape index (κ1) is 19.6. The summed E-state index contributed by atoms with van der Waals surface area (Å²) in [4.78, 5) is 27.8. The highest BCUT2D eigenvalue weighted by molar-refractivity contribution is 5.79. The molecule has 2 aliphatic rings. The molecule has 148 valence electrons. The number of halogens is 1. The van der Waals surface area contributed by atoms with E-state index in [1.165, 1.54) is 12.1 Å². The van der Waals surface area contributed by atoms with Gasteiger partial charge in [-0.1, -0.05) is 6.42 Å². The molecule has 0 radical (unpaired) electrons. The quantitative estimate of drug-likeness (QED) is 0.703. The summed E-state index contributed by atoms with van der Waals surface area (Å²) in [6.07, 6.45) is 3.29. The van der Waals surface area contributed by atoms with Gasteiger partial charge in [-0.25, -0.2) is 4.39 Å². The van der Waals surface area contributed by atoms with E-state index in [1.807, 2.05) is 4.90 Å². The molecule has 2 fully saturated rings. The molecule has 0 spiro atoms. The molecule has 1 aliphatic carbocycles. The zero-order valence-electron chi connectivity index (χ0n) is 15.7. The number of carbonyl (C=O) groups is 2. The lowest BCUT2D eigenvalue weighted by Crippen LogP contribution is -2.40. The lowest BCUT2D eigenvalue weighted by atomic mass is 9.81. The summed E-state index contributed by atoms with van der Waals surface area (Å²) in [6, 6.07) is 5.85. The molecule has 1 saturated carbocycles. The molecule has 1 aromatic rings. The summed E-state index contributed by atoms with van der Waals surface area (Å²) in [7, 11) is 1.75. The Hall–Kier alpha value is -2.15. The van der Waals surface area contributed by atoms with Gasteiger partial charge in [-0.3, -0.25) is 14.5 Å². The molecule has 0 aromatic heterocycles. The normalized spacial score (nSPS) is 24.6. The van der Waals surface area contributed by atoms with Crippen molar-refractivity contribution < 1.29 is 23.8 Å². The maximum Gasteiger partial charge on any atom is 0.311 e. The first-order valence-corrected chi connectivity index (χ1v) is 9.49. The Morgan fingerprint density at radius 2 is 2.11 bits per heavy atom. The second-order valence-corrected chi connectivity index (χ2v) is 7.69. The number of aliphatic carboxylic acids is 1. The second-order valence-electron chi connectivity index (χ2n) is 7.69. The number of hydrogen-bond donors (Lipinski definition) is 1. The van der Waals surface area contributed by atoms with Gasteiger partial charge in [-0.2, -0.15) is 0 Å². The van der Waals surface area contributed by atoms with E-state index in [-0.39, 0.29) is 24.2 Å². The number of ether oxygens (including phenoxy) is 1. The summed E-state index contributed by atoms with van der Waals surface area (Å²) in [5.41, 5.74) is -0.651. The fourth-order valence-corrected chi connectivity index (χ4v) is 4.32. The Labute approximate surface area is 158 Å². The molecular formula is C20H27FN2O4. The molecule has 7 heteroatoms. The van der Waals surface area contributed by atoms with Gasteiger partial charge in [-0.15, -0.1) is 0 Å². The van der Waals surface area contributed by atoms with Crippen LogP contribution in [0.2, 0.25) is 0 Å². The van der Waals surface area contributed by atoms with Crippen LogP contribution in [0.25, 0.3) is 0 Å². The number of likely N-dealkylation sites (N-methyl/N-ethyl adjacent to an activating group) is 1. The van der Waals surface area contributed by atoms with Crippen molar-refractivity contribution in [1.82, 2.24) is 9.80 Å². The van der Waals surface area contributed by atoms with Gasteiger partial charge in [0.15, 0.2) is 0 Å². The summed E-state index contributed by atoms with van der Waals surface area (Å²) < 4.78 is 18.4. The summed E-state index contributed by atoms with van der Waals surface area (Å²) >= 11 is 0. The van der Waals surface area contributed by atoms with Crippen molar-refractivity contribution in [3.63, 3.8) is 0 Å². The second kappa shape index (κ2) is 8.25. The smallest absolute Gasteiger partial charge is 0.311 e. The third kappa shape index (κ3) is 4.40. The number of hydrogen-bond acceptors (Lipinski definition) is 4. The van der Waals surface area contributed by atoms with Crippen LogP contribution < -0.4 is 4.74 Å². The van der Waals surface area contributed by atoms with Gasteiger partial charge in [0.2, 0.25) is 5.91 Å². The van der Waals surface area contributed by atoms with Gasteiger partial charge in [0, 0.05) is 26.7 Å². The van der Waals surface area contributed by atoms with E-state index in [0.717, 1.165) is 12.8 Å². The van der Waals surface area contributed by atoms with Crippen molar-refractivity contribution in [2.45, 2.75) is 25.7 Å². The van der Waals surface area contributed by atoms with Crippen LogP contribution in [0.5, 0.6) is 5.75 Å². The summed E-state index contributed by atoms with van der Waals surface area (Å²) in [5.74, 6) is -0.253. The molecular weight excluding hydrogens is 351 g/mol. The Bertz CT molecular complexity index is 681. The van der Waals surface area contributed by atoms with Gasteiger partial charge in [-0.05, 0) is 49.4 Å². The van der Waals surface area contributed by atoms with Crippen molar-refractivity contribution in [1.29, 1.82) is 0 Å². The molecule has 27 heavy (non-hydrogen) atoms. The maximum absolute atomic E-state index is 12.8. The molecule has 6 nitrogen and oxygen atoms in total. The minimum atomic E-state index is -0.716. The number of rotatable bonds is 8. The maximum atomic E-state index is 12.8. The van der Waals surface area contributed by atoms with Gasteiger partial charge in [0.05, 0.1) is 18.6 Å². The minimum Gasteiger partial charge on any atom is -0.494 e. The Kier molecular flexibility index (Phi) is 5.99. The predicted octanol–water partition coefficient (Wildman–Crippen LogP) is 2.24. The molecule has 0 unspecified atom stereocenters. The highest BCUT2D eigenvalue weighted by Crippen LogP contribution is 2.48. The minimum absolute atomic E-state index is 0.00251. The van der Waals surface area contributed by atoms with E-state index in [4.69, 9.17) is 4.74 Å². The van der Waals surface area contributed by atoms with Gasteiger partial charge < -0.3 is 14.7 Å². The molecule has 1 saturated heterocycles. The third-order valence-electron chi connectivity index (χ3n) is 5.87. The van der Waals surface area contributed by atoms with Crippen LogP contribution in [-0.2, 0) is 9.59 Å². The van der Waals surface area contributed by atoms with Gasteiger partial charge >= 0.3 is 5.97 Å². The SMILES string of the molecule is CN(CCCOc1ccc(F)cc1)C(=O)CN1C[C@@H]2CCC[C@@]2(C(=O)O)C1. The predicted molar refractivity (Wildman–Crippen MR) is 98.0 cm³/mol. The monoisotopic (exact) mass is 378 g/mol. The van der Waals surface area contributed by atoms with Crippen LogP contribution in [0, 0.1) is 17.2 Å². The largest absolute Gasteiger partial charge is 0.494 e. The van der Waals surface area contributed by atoms with E-state index in [2.05, 4.69) is 0 Å². The van der Waals surface area contributed by atoms with Crippen molar-refractivity contribution in [3.8, 4) is 5.75 Å². The number of benzene rings is 1. The van der Waals surface area contributed by atoms with Crippen LogP contribution in [0.4, 0.5) is 4.39 Å². The number of nitrogens with zero attached hydrogens (tertiary/aromatic N) is 2. The van der Waals surface area contributed by atoms with E-state index < -0.39 is 11.4 Å². The number of likely N-dealkylation sites (tertiary alicyclic amines) is 1. The van der Waals surface area contributed by atoms with Crippen LogP contribution in [0.1, 0.15) is 25.7 Å². The first-order valence-electron chi connectivity index (χ1n) is 9.49. The topological polar surface area (TPSA) is 70.1 Å². The highest BCUT2D eigenvalue weighted by atomic mass is 19.1. The van der Waals surface area contributed by atoms with Gasteiger partial charge in [0.1, 0.15) is 11.6 Å². The van der Waals surface area contributed by atoms with E-state index in [1.54, 1.807) is 24.1 Å². The number of amides is 1. The van der Waals surface area contributed by atoms with Crippen molar-refractivity contribution in [2.24, 2.45) is 11.3 Å². The zero-order chi connectivity index (χ0) is 19.4. The van der Waals surface area contributed by atoms with E-state index in [9.17, 15) is 19.1 Å². The van der Waals surface area contributed by atoms with Crippen LogP contribution in [-0.4, -0.2) is 66.6 Å². The molecule has 1 aromatic carbocycles. The Morgan fingerprint density at radius 3 is 2.78 bits per heavy atom. The molecule has 1 aliphatic heterocycles. The number of fused-ring (bicyclic) bond motifs is 1. The highest BCUT2D eigenvalue weighted by Gasteiger charge is 2.54. The lowest BCUT2D eigenvalue weighted by Gasteiger charge is -2.24. The number of carbonyl (C=O) groups excluding carboxylic acids is 1. The Morgan fingerprint density at radius 1 is 1.37 bits per heavy atom. The zero-order valence-corrected chi connectivity index (χ0v) is 15.7. The van der Waals surface area contributed by atoms with Crippen LogP contribution in [0.15, 0.2) is 24.3 Å². The molecule has 1 heterocycles. The lowest BCUT2D eigenvalue weighted by molar-refractivity contribution is -0.149. The molecule has 2 atom stereocenters. The fraction of sp³-hybridized carbons (Fsp3) is 0.600. The third-order valence-corrected chi connectivity index (χ3v) is 5.87. The fourth-order valence-electron chi connectivity index (χ4n) is 4.32.